The highest BCUT2D eigenvalue weighted by Gasteiger charge is 2.45. The van der Waals surface area contributed by atoms with Crippen molar-refractivity contribution in [3.63, 3.8) is 0 Å². The van der Waals surface area contributed by atoms with E-state index >= 15 is 0 Å². The zero-order valence-corrected chi connectivity index (χ0v) is 9.10. The summed E-state index contributed by atoms with van der Waals surface area (Å²) in [5, 5.41) is 0. The molecule has 2 amide bonds. The quantitative estimate of drug-likeness (QED) is 0.624. The molecule has 2 bridgehead atoms. The van der Waals surface area contributed by atoms with E-state index in [-0.39, 0.29) is 24.1 Å². The van der Waals surface area contributed by atoms with Crippen LogP contribution in [-0.4, -0.2) is 54.1 Å². The van der Waals surface area contributed by atoms with Crippen LogP contribution in [0, 0.1) is 0 Å². The summed E-state index contributed by atoms with van der Waals surface area (Å²) in [4.78, 5) is 26.7. The van der Waals surface area contributed by atoms with E-state index < -0.39 is 0 Å². The number of nitrogens with zero attached hydrogens (tertiary/aromatic N) is 2. The van der Waals surface area contributed by atoms with Gasteiger partial charge >= 0.3 is 12.0 Å². The van der Waals surface area contributed by atoms with E-state index in [0.717, 1.165) is 12.8 Å². The number of fused-ring (bicyclic) bond motifs is 2. The second-order valence-electron chi connectivity index (χ2n) is 4.04. The van der Waals surface area contributed by atoms with Gasteiger partial charge in [-0.25, -0.2) is 9.59 Å². The largest absolute Gasteiger partial charge is 0.464 e. The summed E-state index contributed by atoms with van der Waals surface area (Å²) in [7, 11) is 1.79. The first kappa shape index (κ1) is 10.3. The van der Waals surface area contributed by atoms with Gasteiger partial charge in [0.25, 0.3) is 0 Å². The molecular weight excluding hydrogens is 196 g/mol. The van der Waals surface area contributed by atoms with Crippen molar-refractivity contribution in [2.45, 2.75) is 31.8 Å². The molecule has 2 atom stereocenters. The highest BCUT2D eigenvalue weighted by molar-refractivity contribution is 5.85. The van der Waals surface area contributed by atoms with Gasteiger partial charge in [0.15, 0.2) is 0 Å². The molecule has 0 spiro atoms. The first-order valence-electron chi connectivity index (χ1n) is 5.35. The van der Waals surface area contributed by atoms with Crippen LogP contribution < -0.4 is 0 Å². The van der Waals surface area contributed by atoms with Crippen LogP contribution in [0.5, 0.6) is 0 Å². The summed E-state index contributed by atoms with van der Waals surface area (Å²) in [6, 6.07) is -0.127. The molecular formula is C10H16N2O3. The molecule has 0 aromatic heterocycles. The van der Waals surface area contributed by atoms with Crippen molar-refractivity contribution in [3.8, 4) is 0 Å². The zero-order valence-electron chi connectivity index (χ0n) is 9.10. The van der Waals surface area contributed by atoms with Crippen LogP contribution in [0.1, 0.15) is 19.8 Å². The minimum absolute atomic E-state index is 0.0458. The van der Waals surface area contributed by atoms with Gasteiger partial charge in [0.1, 0.15) is 6.04 Å². The van der Waals surface area contributed by atoms with E-state index in [1.165, 1.54) is 0 Å². The average molecular weight is 212 g/mol. The maximum absolute atomic E-state index is 11.7. The van der Waals surface area contributed by atoms with Crippen molar-refractivity contribution in [2.24, 2.45) is 0 Å². The van der Waals surface area contributed by atoms with E-state index in [0.29, 0.717) is 13.2 Å². The second kappa shape index (κ2) is 3.72. The topological polar surface area (TPSA) is 49.9 Å². The molecule has 84 valence electrons. The Balaban J connectivity index is 2.10. The normalized spacial score (nSPS) is 29.6. The third kappa shape index (κ3) is 1.56. The second-order valence-corrected chi connectivity index (χ2v) is 4.04. The highest BCUT2D eigenvalue weighted by Crippen LogP contribution is 2.28. The van der Waals surface area contributed by atoms with Crippen LogP contribution in [0.2, 0.25) is 0 Å². The van der Waals surface area contributed by atoms with Crippen molar-refractivity contribution >= 4 is 12.0 Å². The van der Waals surface area contributed by atoms with Gasteiger partial charge in [0.05, 0.1) is 12.6 Å². The Kier molecular flexibility index (Phi) is 2.54. The van der Waals surface area contributed by atoms with Crippen LogP contribution in [0.15, 0.2) is 0 Å². The first-order chi connectivity index (χ1) is 7.15. The number of hydrogen-bond acceptors (Lipinski definition) is 3. The fraction of sp³-hybridized carbons (Fsp3) is 0.800. The predicted octanol–water partition coefficient (Wildman–Crippen LogP) is 0.448. The van der Waals surface area contributed by atoms with Crippen LogP contribution in [0.3, 0.4) is 0 Å². The van der Waals surface area contributed by atoms with E-state index in [1.54, 1.807) is 23.8 Å². The molecule has 2 heterocycles. The third-order valence-electron chi connectivity index (χ3n) is 3.21. The lowest BCUT2D eigenvalue weighted by Gasteiger charge is -2.28. The van der Waals surface area contributed by atoms with Gasteiger partial charge in [-0.1, -0.05) is 0 Å². The molecule has 0 aromatic carbocycles. The summed E-state index contributed by atoms with van der Waals surface area (Å²) >= 11 is 0. The van der Waals surface area contributed by atoms with Gasteiger partial charge in [-0.2, -0.15) is 0 Å². The number of likely N-dealkylation sites (N-methyl/N-ethyl adjacent to an activating group) is 1. The summed E-state index contributed by atoms with van der Waals surface area (Å²) in [6.45, 7) is 2.82. The van der Waals surface area contributed by atoms with Crippen LogP contribution in [0.25, 0.3) is 0 Å². The summed E-state index contributed by atoms with van der Waals surface area (Å²) in [6.07, 6.45) is 1.61. The average Bonchev–Trinajstić information content (AvgIpc) is 2.45. The minimum Gasteiger partial charge on any atom is -0.464 e. The minimum atomic E-state index is -0.362. The van der Waals surface area contributed by atoms with Gasteiger partial charge in [-0.15, -0.1) is 0 Å². The van der Waals surface area contributed by atoms with Crippen molar-refractivity contribution in [1.29, 1.82) is 0 Å². The smallest absolute Gasteiger partial charge is 0.328 e. The number of carbonyl (C=O) groups is 2. The van der Waals surface area contributed by atoms with Crippen LogP contribution in [-0.2, 0) is 9.53 Å². The molecule has 2 aliphatic heterocycles. The third-order valence-corrected chi connectivity index (χ3v) is 3.21. The van der Waals surface area contributed by atoms with Crippen LogP contribution >= 0.6 is 0 Å². The molecule has 0 radical (unpaired) electrons. The molecule has 2 rings (SSSR count). The number of hydrogen-bond donors (Lipinski definition) is 0. The Labute approximate surface area is 89.0 Å². The molecule has 0 aliphatic carbocycles. The van der Waals surface area contributed by atoms with E-state index in [2.05, 4.69) is 0 Å². The molecule has 0 N–H and O–H groups in total. The summed E-state index contributed by atoms with van der Waals surface area (Å²) in [5.41, 5.74) is 0. The van der Waals surface area contributed by atoms with Gasteiger partial charge in [0, 0.05) is 13.6 Å². The van der Waals surface area contributed by atoms with Crippen molar-refractivity contribution < 1.29 is 14.3 Å². The summed E-state index contributed by atoms with van der Waals surface area (Å²) < 4.78 is 4.96. The van der Waals surface area contributed by atoms with Crippen molar-refractivity contribution in [1.82, 2.24) is 9.80 Å². The number of piperidine rings is 1. The standard InChI is InChI=1S/C10H16N2O3/c1-3-15-9(13)8-5-4-7-6-12(8)10(14)11(7)2/h7-8H,3-6H2,1-2H3/t7-,8+/m1/s1. The van der Waals surface area contributed by atoms with E-state index in [4.69, 9.17) is 4.74 Å². The summed E-state index contributed by atoms with van der Waals surface area (Å²) in [5.74, 6) is -0.264. The van der Waals surface area contributed by atoms with Gasteiger partial charge < -0.3 is 14.5 Å². The number of amides is 2. The Hall–Kier alpha value is -1.26. The number of rotatable bonds is 2. The molecule has 15 heavy (non-hydrogen) atoms. The highest BCUT2D eigenvalue weighted by atomic mass is 16.5. The van der Waals surface area contributed by atoms with Gasteiger partial charge in [-0.3, -0.25) is 0 Å². The number of esters is 1. The van der Waals surface area contributed by atoms with E-state index in [1.807, 2.05) is 0 Å². The van der Waals surface area contributed by atoms with Crippen molar-refractivity contribution in [3.05, 3.63) is 0 Å². The maximum atomic E-state index is 11.7. The fourth-order valence-corrected chi connectivity index (χ4v) is 2.32. The lowest BCUT2D eigenvalue weighted by atomic mass is 10.0. The van der Waals surface area contributed by atoms with Crippen LogP contribution in [0.4, 0.5) is 4.79 Å². The molecule has 0 aromatic rings. The molecule has 5 nitrogen and oxygen atoms in total. The molecule has 2 fully saturated rings. The van der Waals surface area contributed by atoms with E-state index in [9.17, 15) is 9.59 Å². The molecule has 2 saturated heterocycles. The molecule has 0 unspecified atom stereocenters. The van der Waals surface area contributed by atoms with Gasteiger partial charge in [0.2, 0.25) is 0 Å². The number of carbonyl (C=O) groups excluding carboxylic acids is 2. The number of urea groups is 1. The number of ether oxygens (including phenoxy) is 1. The lowest BCUT2D eigenvalue weighted by molar-refractivity contribution is -0.149. The van der Waals surface area contributed by atoms with Gasteiger partial charge in [-0.05, 0) is 19.8 Å². The zero-order chi connectivity index (χ0) is 11.0. The lowest BCUT2D eigenvalue weighted by Crippen LogP contribution is -2.45. The van der Waals surface area contributed by atoms with Crippen molar-refractivity contribution in [2.75, 3.05) is 20.2 Å². The Morgan fingerprint density at radius 1 is 1.53 bits per heavy atom. The monoisotopic (exact) mass is 212 g/mol. The Morgan fingerprint density at radius 3 is 2.93 bits per heavy atom. The molecule has 0 saturated carbocycles. The molecule has 2 aliphatic rings. The fourth-order valence-electron chi connectivity index (χ4n) is 2.32. The Bertz CT molecular complexity index is 292. The Morgan fingerprint density at radius 2 is 2.27 bits per heavy atom. The predicted molar refractivity (Wildman–Crippen MR) is 53.3 cm³/mol. The SMILES string of the molecule is CCOC(=O)[C@@H]1CC[C@@H]2CN1C(=O)N2C. The maximum Gasteiger partial charge on any atom is 0.328 e. The molecule has 5 heteroatoms. The first-order valence-corrected chi connectivity index (χ1v) is 5.35.